The number of methoxy groups -OCH3 is 1. The lowest BCUT2D eigenvalue weighted by molar-refractivity contribution is -0.141. The molecule has 0 unspecified atom stereocenters. The monoisotopic (exact) mass is 437 g/mol. The van der Waals surface area contributed by atoms with E-state index in [2.05, 4.69) is 9.97 Å². The van der Waals surface area contributed by atoms with Crippen LogP contribution < -0.4 is 4.74 Å². The van der Waals surface area contributed by atoms with Crippen LogP contribution in [0.3, 0.4) is 0 Å². The molecule has 1 aromatic carbocycles. The van der Waals surface area contributed by atoms with Gasteiger partial charge in [-0.1, -0.05) is 12.1 Å². The van der Waals surface area contributed by atoms with Gasteiger partial charge in [-0.15, -0.1) is 0 Å². The maximum absolute atomic E-state index is 14.6. The van der Waals surface area contributed by atoms with Gasteiger partial charge in [0.1, 0.15) is 17.3 Å². The summed E-state index contributed by atoms with van der Waals surface area (Å²) in [6, 6.07) is 8.70. The average Bonchev–Trinajstić information content (AvgIpc) is 3.04. The van der Waals surface area contributed by atoms with Crippen LogP contribution in [0.5, 0.6) is 5.75 Å². The average molecular weight is 437 g/mol. The van der Waals surface area contributed by atoms with E-state index in [0.29, 0.717) is 17.6 Å². The van der Waals surface area contributed by atoms with Crippen LogP contribution in [0.4, 0.5) is 17.6 Å². The largest absolute Gasteiger partial charge is 0.497 e. The lowest BCUT2D eigenvalue weighted by Gasteiger charge is -2.11. The van der Waals surface area contributed by atoms with Gasteiger partial charge in [-0.3, -0.25) is 0 Å². The van der Waals surface area contributed by atoms with Crippen molar-refractivity contribution in [2.45, 2.75) is 19.5 Å². The van der Waals surface area contributed by atoms with Gasteiger partial charge < -0.3 is 14.0 Å². The minimum atomic E-state index is -4.80. The van der Waals surface area contributed by atoms with Gasteiger partial charge in [0.15, 0.2) is 5.69 Å². The lowest BCUT2D eigenvalue weighted by atomic mass is 10.1. The van der Waals surface area contributed by atoms with Gasteiger partial charge >= 0.3 is 12.1 Å². The molecule has 10 heteroatoms. The summed E-state index contributed by atoms with van der Waals surface area (Å²) in [6.07, 6.45) is -4.52. The van der Waals surface area contributed by atoms with E-state index in [4.69, 9.17) is 9.47 Å². The number of rotatable bonds is 6. The predicted molar refractivity (Wildman–Crippen MR) is 103 cm³/mol. The highest BCUT2D eigenvalue weighted by Crippen LogP contribution is 2.32. The molecule has 0 fully saturated rings. The summed E-state index contributed by atoms with van der Waals surface area (Å²) in [7, 11) is 3.08. The number of ether oxygens (including phenoxy) is 2. The van der Waals surface area contributed by atoms with Crippen molar-refractivity contribution in [1.29, 1.82) is 0 Å². The molecule has 0 N–H and O–H groups in total. The van der Waals surface area contributed by atoms with E-state index >= 15 is 0 Å². The summed E-state index contributed by atoms with van der Waals surface area (Å²) in [4.78, 5) is 19.8. The van der Waals surface area contributed by atoms with Crippen molar-refractivity contribution >= 4 is 5.97 Å². The first kappa shape index (κ1) is 22.3. The number of halogens is 4. The van der Waals surface area contributed by atoms with Crippen LogP contribution in [0.25, 0.3) is 11.3 Å². The summed E-state index contributed by atoms with van der Waals surface area (Å²) >= 11 is 0. The van der Waals surface area contributed by atoms with Crippen LogP contribution in [0.2, 0.25) is 0 Å². The van der Waals surface area contributed by atoms with Gasteiger partial charge in [-0.2, -0.15) is 17.6 Å². The van der Waals surface area contributed by atoms with E-state index in [1.807, 2.05) is 0 Å². The maximum atomic E-state index is 14.6. The molecule has 3 rings (SSSR count). The van der Waals surface area contributed by atoms with Crippen molar-refractivity contribution in [2.24, 2.45) is 7.05 Å². The Morgan fingerprint density at radius 1 is 1.10 bits per heavy atom. The molecule has 0 aliphatic heterocycles. The number of hydrogen-bond donors (Lipinski definition) is 0. The predicted octanol–water partition coefficient (Wildman–Crippen LogP) is 4.42. The molecule has 0 aliphatic rings. The normalized spacial score (nSPS) is 11.5. The molecule has 0 radical (unpaired) electrons. The highest BCUT2D eigenvalue weighted by molar-refractivity contribution is 5.94. The molecule has 2 heterocycles. The van der Waals surface area contributed by atoms with Crippen molar-refractivity contribution in [3.63, 3.8) is 0 Å². The molecule has 0 saturated carbocycles. The number of alkyl halides is 3. The molecule has 0 amide bonds. The highest BCUT2D eigenvalue weighted by Gasteiger charge is 2.34. The molecule has 2 aromatic heterocycles. The van der Waals surface area contributed by atoms with Crippen LogP contribution in [0.15, 0.2) is 36.4 Å². The zero-order valence-corrected chi connectivity index (χ0v) is 17.0. The lowest BCUT2D eigenvalue weighted by Crippen LogP contribution is -2.11. The molecule has 0 bridgehead atoms. The molecular weight excluding hydrogens is 418 g/mol. The van der Waals surface area contributed by atoms with Crippen LogP contribution in [-0.4, -0.2) is 34.2 Å². The van der Waals surface area contributed by atoms with Gasteiger partial charge in [0.2, 0.25) is 5.95 Å². The molecule has 31 heavy (non-hydrogen) atoms. The van der Waals surface area contributed by atoms with Gasteiger partial charge in [0.25, 0.3) is 0 Å². The van der Waals surface area contributed by atoms with E-state index in [1.54, 1.807) is 38.2 Å². The van der Waals surface area contributed by atoms with Crippen LogP contribution >= 0.6 is 0 Å². The first-order valence-electron chi connectivity index (χ1n) is 9.25. The first-order chi connectivity index (χ1) is 14.7. The molecule has 6 nitrogen and oxygen atoms in total. The Kier molecular flexibility index (Phi) is 6.28. The van der Waals surface area contributed by atoms with Gasteiger partial charge in [0.05, 0.1) is 25.0 Å². The zero-order chi connectivity index (χ0) is 22.8. The number of aromatic nitrogens is 3. The van der Waals surface area contributed by atoms with Crippen molar-refractivity contribution < 1.29 is 31.8 Å². The van der Waals surface area contributed by atoms with E-state index in [1.165, 1.54) is 11.7 Å². The number of hydrogen-bond acceptors (Lipinski definition) is 5. The van der Waals surface area contributed by atoms with Crippen molar-refractivity contribution in [2.75, 3.05) is 13.7 Å². The summed E-state index contributed by atoms with van der Waals surface area (Å²) in [5, 5.41) is 0. The SMILES string of the molecule is CCOC(=O)c1nc(Cc2ccc(OC)cc2)n(C)c1-c1ccc(C(F)(F)F)nc1F. The van der Waals surface area contributed by atoms with E-state index in [-0.39, 0.29) is 30.0 Å². The molecule has 0 saturated heterocycles. The van der Waals surface area contributed by atoms with Gasteiger partial charge in [-0.25, -0.2) is 14.8 Å². The Morgan fingerprint density at radius 2 is 1.77 bits per heavy atom. The third kappa shape index (κ3) is 4.68. The van der Waals surface area contributed by atoms with Crippen molar-refractivity contribution in [3.8, 4) is 17.0 Å². The van der Waals surface area contributed by atoms with Crippen LogP contribution in [0.1, 0.15) is 34.5 Å². The second-order valence-electron chi connectivity index (χ2n) is 6.56. The number of carbonyl (C=O) groups is 1. The van der Waals surface area contributed by atoms with E-state index < -0.39 is 23.8 Å². The first-order valence-corrected chi connectivity index (χ1v) is 9.25. The number of imidazole rings is 1. The summed E-state index contributed by atoms with van der Waals surface area (Å²) < 4.78 is 64.7. The molecule has 0 aliphatic carbocycles. The summed E-state index contributed by atoms with van der Waals surface area (Å²) in [6.45, 7) is 1.65. The summed E-state index contributed by atoms with van der Waals surface area (Å²) in [5.41, 5.74) is -1.03. The van der Waals surface area contributed by atoms with E-state index in [0.717, 1.165) is 11.6 Å². The maximum Gasteiger partial charge on any atom is 0.433 e. The highest BCUT2D eigenvalue weighted by atomic mass is 19.4. The minimum Gasteiger partial charge on any atom is -0.497 e. The molecule has 0 spiro atoms. The van der Waals surface area contributed by atoms with Gasteiger partial charge in [-0.05, 0) is 36.8 Å². The third-order valence-electron chi connectivity index (χ3n) is 4.57. The Balaban J connectivity index is 2.09. The fourth-order valence-corrected chi connectivity index (χ4v) is 3.05. The Bertz CT molecular complexity index is 1090. The van der Waals surface area contributed by atoms with Gasteiger partial charge in [0, 0.05) is 13.5 Å². The molecular formula is C21H19F4N3O3. The number of nitrogens with zero attached hydrogens (tertiary/aromatic N) is 3. The molecule has 0 atom stereocenters. The number of benzene rings is 1. The standard InChI is InChI=1S/C21H19F4N3O3/c1-4-31-20(29)17-18(14-9-10-15(21(23,24)25)26-19(14)22)28(2)16(27-17)11-12-5-7-13(30-3)8-6-12/h5-10H,4,11H2,1-3H3. The second-order valence-corrected chi connectivity index (χ2v) is 6.56. The van der Waals surface area contributed by atoms with Crippen molar-refractivity contribution in [1.82, 2.24) is 14.5 Å². The Labute approximate surface area is 175 Å². The van der Waals surface area contributed by atoms with E-state index in [9.17, 15) is 22.4 Å². The zero-order valence-electron chi connectivity index (χ0n) is 17.0. The topological polar surface area (TPSA) is 66.2 Å². The van der Waals surface area contributed by atoms with Crippen LogP contribution in [-0.2, 0) is 24.4 Å². The second kappa shape index (κ2) is 8.75. The molecule has 3 aromatic rings. The smallest absolute Gasteiger partial charge is 0.433 e. The quantitative estimate of drug-likeness (QED) is 0.325. The minimum absolute atomic E-state index is 0.0133. The fourth-order valence-electron chi connectivity index (χ4n) is 3.05. The van der Waals surface area contributed by atoms with Crippen LogP contribution in [0, 0.1) is 5.95 Å². The Hall–Kier alpha value is -3.43. The Morgan fingerprint density at radius 3 is 2.32 bits per heavy atom. The number of esters is 1. The third-order valence-corrected chi connectivity index (χ3v) is 4.57. The van der Waals surface area contributed by atoms with Crippen molar-refractivity contribution in [3.05, 3.63) is 65.1 Å². The fraction of sp³-hybridized carbons (Fsp3) is 0.286. The summed E-state index contributed by atoms with van der Waals surface area (Å²) in [5.74, 6) is -1.12. The number of carbonyl (C=O) groups excluding carboxylic acids is 1. The molecule has 164 valence electrons. The number of pyridine rings is 1.